The van der Waals surface area contributed by atoms with Gasteiger partial charge in [-0.1, -0.05) is 17.7 Å². The lowest BCUT2D eigenvalue weighted by Gasteiger charge is -2.37. The first kappa shape index (κ1) is 22.9. The van der Waals surface area contributed by atoms with E-state index >= 15 is 0 Å². The zero-order valence-corrected chi connectivity index (χ0v) is 19.7. The molecule has 34 heavy (non-hydrogen) atoms. The monoisotopic (exact) mass is 505 g/mol. The zero-order chi connectivity index (χ0) is 23.8. The molecule has 0 unspecified atom stereocenters. The lowest BCUT2D eigenvalue weighted by atomic mass is 9.95. The summed E-state index contributed by atoms with van der Waals surface area (Å²) in [5.41, 5.74) is 1.10. The van der Waals surface area contributed by atoms with Gasteiger partial charge in [0, 0.05) is 40.9 Å². The minimum absolute atomic E-state index is 0.0723. The number of thiazole rings is 1. The van der Waals surface area contributed by atoms with Crippen LogP contribution in [-0.2, 0) is 19.1 Å². The molecule has 0 aliphatic carbocycles. The highest BCUT2D eigenvalue weighted by atomic mass is 35.5. The van der Waals surface area contributed by atoms with E-state index in [9.17, 15) is 14.0 Å². The van der Waals surface area contributed by atoms with Crippen molar-refractivity contribution >= 4 is 40.6 Å². The molecule has 2 aromatic rings. The van der Waals surface area contributed by atoms with Crippen molar-refractivity contribution in [3.8, 4) is 0 Å². The Morgan fingerprint density at radius 1 is 1.41 bits per heavy atom. The van der Waals surface area contributed by atoms with E-state index in [-0.39, 0.29) is 29.1 Å². The number of nitrogens with zero attached hydrogens (tertiary/aromatic N) is 4. The predicted molar refractivity (Wildman–Crippen MR) is 123 cm³/mol. The van der Waals surface area contributed by atoms with Crippen molar-refractivity contribution < 1.29 is 23.5 Å². The van der Waals surface area contributed by atoms with Crippen molar-refractivity contribution in [1.29, 1.82) is 0 Å². The van der Waals surface area contributed by atoms with Gasteiger partial charge in [0.1, 0.15) is 17.9 Å². The standard InChI is InChI=1S/C22H21ClFN5O4S/c1-32-22(31)17-15(9-28-5-6-29-11-33-10-16(29)21(28)30)26-19(20-25-4-7-34-20)27-18(17)13-3-2-12(24)8-14(13)23/h2-4,7-8,16,18H,5-6,9-11H2,1H3,(H,26,27)/t16-,18+/m1/s1. The summed E-state index contributed by atoms with van der Waals surface area (Å²) in [6.07, 6.45) is 1.64. The van der Waals surface area contributed by atoms with Crippen LogP contribution in [0.15, 0.2) is 46.0 Å². The molecule has 178 valence electrons. The van der Waals surface area contributed by atoms with Crippen LogP contribution in [0.3, 0.4) is 0 Å². The third-order valence-corrected chi connectivity index (χ3v) is 7.11. The highest BCUT2D eigenvalue weighted by Gasteiger charge is 2.40. The third-order valence-electron chi connectivity index (χ3n) is 6.00. The van der Waals surface area contributed by atoms with Crippen LogP contribution in [0, 0.1) is 5.82 Å². The number of amides is 1. The fourth-order valence-electron chi connectivity index (χ4n) is 4.31. The minimum atomic E-state index is -0.873. The Morgan fingerprint density at radius 3 is 3.00 bits per heavy atom. The maximum Gasteiger partial charge on any atom is 0.338 e. The number of ether oxygens (including phenoxy) is 2. The molecule has 1 aromatic heterocycles. The number of hydrogen-bond acceptors (Lipinski definition) is 9. The Labute approximate surface area is 203 Å². The molecule has 2 fully saturated rings. The fourth-order valence-corrected chi connectivity index (χ4v) is 5.17. The molecule has 3 aliphatic heterocycles. The van der Waals surface area contributed by atoms with Crippen molar-refractivity contribution in [2.24, 2.45) is 4.99 Å². The average Bonchev–Trinajstić information content (AvgIpc) is 3.53. The van der Waals surface area contributed by atoms with Gasteiger partial charge in [-0.05, 0) is 12.1 Å². The second kappa shape index (κ2) is 9.41. The van der Waals surface area contributed by atoms with E-state index in [1.54, 1.807) is 11.1 Å². The van der Waals surface area contributed by atoms with Crippen molar-refractivity contribution in [3.05, 3.63) is 62.5 Å². The molecule has 0 bridgehead atoms. The van der Waals surface area contributed by atoms with Crippen LogP contribution >= 0.6 is 22.9 Å². The summed E-state index contributed by atoms with van der Waals surface area (Å²) in [5, 5.41) is 5.74. The van der Waals surface area contributed by atoms with E-state index in [1.807, 2.05) is 10.3 Å². The van der Waals surface area contributed by atoms with E-state index < -0.39 is 17.8 Å². The van der Waals surface area contributed by atoms with E-state index in [0.29, 0.717) is 48.5 Å². The number of carbonyl (C=O) groups excluding carboxylic acids is 2. The van der Waals surface area contributed by atoms with Gasteiger partial charge in [0.25, 0.3) is 0 Å². The zero-order valence-electron chi connectivity index (χ0n) is 18.2. The van der Waals surface area contributed by atoms with Gasteiger partial charge in [-0.3, -0.25) is 14.7 Å². The number of fused-ring (bicyclic) bond motifs is 1. The molecule has 0 spiro atoms. The summed E-state index contributed by atoms with van der Waals surface area (Å²) in [7, 11) is 1.27. The molecular formula is C22H21ClFN5O4S. The van der Waals surface area contributed by atoms with Crippen molar-refractivity contribution in [2.45, 2.75) is 12.1 Å². The molecule has 2 atom stereocenters. The second-order valence-corrected chi connectivity index (χ2v) is 9.28. The number of amidine groups is 1. The molecule has 2 saturated heterocycles. The van der Waals surface area contributed by atoms with Crippen molar-refractivity contribution in [1.82, 2.24) is 20.1 Å². The first-order chi connectivity index (χ1) is 16.5. The topological polar surface area (TPSA) is 96.4 Å². The summed E-state index contributed by atoms with van der Waals surface area (Å²) in [4.78, 5) is 38.8. The number of halogens is 2. The number of piperazine rings is 1. The Morgan fingerprint density at radius 2 is 2.26 bits per heavy atom. The molecule has 12 heteroatoms. The Kier molecular flexibility index (Phi) is 6.34. The first-order valence-electron chi connectivity index (χ1n) is 10.6. The predicted octanol–water partition coefficient (Wildman–Crippen LogP) is 1.95. The summed E-state index contributed by atoms with van der Waals surface area (Å²) in [5.74, 6) is -0.765. The molecule has 4 heterocycles. The highest BCUT2D eigenvalue weighted by Crippen LogP contribution is 2.37. The summed E-state index contributed by atoms with van der Waals surface area (Å²) >= 11 is 7.74. The maximum atomic E-state index is 13.8. The molecule has 9 nitrogen and oxygen atoms in total. The first-order valence-corrected chi connectivity index (χ1v) is 11.8. The Hall–Kier alpha value is -2.86. The smallest absolute Gasteiger partial charge is 0.338 e. The molecule has 1 N–H and O–H groups in total. The van der Waals surface area contributed by atoms with Crippen LogP contribution in [-0.4, -0.2) is 78.6 Å². The molecule has 5 rings (SSSR count). The summed E-state index contributed by atoms with van der Waals surface area (Å²) in [6, 6.07) is 2.72. The highest BCUT2D eigenvalue weighted by molar-refractivity contribution is 7.11. The van der Waals surface area contributed by atoms with Crippen LogP contribution in [0.4, 0.5) is 4.39 Å². The average molecular weight is 506 g/mol. The van der Waals surface area contributed by atoms with Crippen LogP contribution in [0.5, 0.6) is 0 Å². The molecule has 1 amide bonds. The van der Waals surface area contributed by atoms with Gasteiger partial charge >= 0.3 is 5.97 Å². The number of esters is 1. The second-order valence-electron chi connectivity index (χ2n) is 7.98. The molecular weight excluding hydrogens is 485 g/mol. The number of carbonyl (C=O) groups is 2. The van der Waals surface area contributed by atoms with Crippen LogP contribution in [0.25, 0.3) is 0 Å². The number of benzene rings is 1. The third kappa shape index (κ3) is 4.20. The van der Waals surface area contributed by atoms with Gasteiger partial charge in [-0.15, -0.1) is 11.3 Å². The van der Waals surface area contributed by atoms with E-state index in [0.717, 1.165) is 0 Å². The number of hydrogen-bond donors (Lipinski definition) is 1. The van der Waals surface area contributed by atoms with Gasteiger partial charge in [-0.25, -0.2) is 14.2 Å². The number of rotatable bonds is 5. The quantitative estimate of drug-likeness (QED) is 0.620. The molecule has 0 radical (unpaired) electrons. The molecule has 3 aliphatic rings. The number of aromatic nitrogens is 1. The van der Waals surface area contributed by atoms with Gasteiger partial charge in [0.05, 0.1) is 32.6 Å². The summed E-state index contributed by atoms with van der Waals surface area (Å²) < 4.78 is 24.3. The van der Waals surface area contributed by atoms with E-state index in [1.165, 1.54) is 36.6 Å². The summed E-state index contributed by atoms with van der Waals surface area (Å²) in [6.45, 7) is 2.05. The van der Waals surface area contributed by atoms with Gasteiger partial charge in [0.2, 0.25) is 5.91 Å². The van der Waals surface area contributed by atoms with Crippen molar-refractivity contribution in [2.75, 3.05) is 40.1 Å². The van der Waals surface area contributed by atoms with Gasteiger partial charge in [0.15, 0.2) is 10.8 Å². The van der Waals surface area contributed by atoms with E-state index in [4.69, 9.17) is 26.1 Å². The van der Waals surface area contributed by atoms with Gasteiger partial charge in [-0.2, -0.15) is 0 Å². The van der Waals surface area contributed by atoms with Gasteiger partial charge < -0.3 is 19.7 Å². The fraction of sp³-hybridized carbons (Fsp3) is 0.364. The largest absolute Gasteiger partial charge is 0.466 e. The number of aliphatic imine (C=N–C) groups is 1. The minimum Gasteiger partial charge on any atom is -0.466 e. The van der Waals surface area contributed by atoms with E-state index in [2.05, 4.69) is 10.3 Å². The molecule has 1 aromatic carbocycles. The van der Waals surface area contributed by atoms with Crippen LogP contribution in [0.1, 0.15) is 16.6 Å². The number of nitrogens with one attached hydrogen (secondary N) is 1. The van der Waals surface area contributed by atoms with Crippen molar-refractivity contribution in [3.63, 3.8) is 0 Å². The Balaban J connectivity index is 1.57. The number of methoxy groups -OCH3 is 1. The Bertz CT molecular complexity index is 1190. The van der Waals surface area contributed by atoms with Crippen LogP contribution in [0.2, 0.25) is 5.02 Å². The maximum absolute atomic E-state index is 13.8. The SMILES string of the molecule is COC(=O)C1=C(CN2CCN3COC[C@@H]3C2=O)NC(c2nccs2)=N[C@H]1c1ccc(F)cc1Cl. The normalized spacial score (nSPS) is 23.0. The van der Waals surface area contributed by atoms with Crippen LogP contribution < -0.4 is 5.32 Å². The lowest BCUT2D eigenvalue weighted by Crippen LogP contribution is -2.56. The lowest BCUT2D eigenvalue weighted by molar-refractivity contribution is -0.140. The molecule has 0 saturated carbocycles.